The predicted octanol–water partition coefficient (Wildman–Crippen LogP) is 3.90. The van der Waals surface area contributed by atoms with Crippen molar-refractivity contribution in [3.63, 3.8) is 0 Å². The van der Waals surface area contributed by atoms with Crippen LogP contribution in [0.25, 0.3) is 17.1 Å². The molecule has 0 spiro atoms. The van der Waals surface area contributed by atoms with Gasteiger partial charge in [-0.1, -0.05) is 37.9 Å². The summed E-state index contributed by atoms with van der Waals surface area (Å²) in [7, 11) is 0. The number of carbonyl (C=O) groups is 6. The molecule has 3 aromatic carbocycles. The average Bonchev–Trinajstić information content (AvgIpc) is 3.26. The summed E-state index contributed by atoms with van der Waals surface area (Å²) in [6.07, 6.45) is -0.0720. The van der Waals surface area contributed by atoms with Gasteiger partial charge in [0.15, 0.2) is 0 Å². The molecule has 0 bridgehead atoms. The normalized spacial score (nSPS) is 10.3. The molecule has 4 rings (SSSR count). The SMILES string of the molecule is C=CC(=O)OCCOC(=O)Nc1cccc(-n2c(=O)n(-c3cccc(NC(=O)OCCOC(=O)C=C)c3C)c(=O)n(-c3cccc(NC(=O)OCCOC(=O)C=C)c3C)c2=O)c1C. The number of esters is 3. The van der Waals surface area contributed by atoms with Gasteiger partial charge in [0.25, 0.3) is 0 Å². The van der Waals surface area contributed by atoms with E-state index < -0.39 is 53.3 Å². The fourth-order valence-corrected chi connectivity index (χ4v) is 5.61. The fourth-order valence-electron chi connectivity index (χ4n) is 5.61. The molecule has 0 aliphatic rings. The Balaban J connectivity index is 1.84. The molecular weight excluding hydrogens is 828 g/mol. The Morgan fingerprint density at radius 1 is 0.444 bits per heavy atom. The molecular formula is C42H42N6O15. The van der Waals surface area contributed by atoms with E-state index in [2.05, 4.69) is 35.7 Å². The molecule has 0 aliphatic heterocycles. The van der Waals surface area contributed by atoms with Gasteiger partial charge in [0.1, 0.15) is 39.6 Å². The summed E-state index contributed by atoms with van der Waals surface area (Å²) in [6.45, 7) is 12.6. The molecule has 21 heteroatoms. The first-order valence-corrected chi connectivity index (χ1v) is 18.6. The van der Waals surface area contributed by atoms with E-state index >= 15 is 0 Å². The van der Waals surface area contributed by atoms with Crippen LogP contribution in [0.3, 0.4) is 0 Å². The van der Waals surface area contributed by atoms with E-state index in [1.54, 1.807) is 0 Å². The van der Waals surface area contributed by atoms with Crippen molar-refractivity contribution in [3.05, 3.63) is 141 Å². The van der Waals surface area contributed by atoms with Crippen molar-refractivity contribution in [2.45, 2.75) is 20.8 Å². The highest BCUT2D eigenvalue weighted by Gasteiger charge is 2.25. The van der Waals surface area contributed by atoms with Crippen LogP contribution in [0.2, 0.25) is 0 Å². The average molecular weight is 871 g/mol. The van der Waals surface area contributed by atoms with E-state index in [9.17, 15) is 43.2 Å². The summed E-state index contributed by atoms with van der Waals surface area (Å²) >= 11 is 0. The number of nitrogens with zero attached hydrogens (tertiary/aromatic N) is 3. The maximum Gasteiger partial charge on any atom is 0.411 e. The number of nitrogens with one attached hydrogen (secondary N) is 3. The van der Waals surface area contributed by atoms with Crippen LogP contribution in [-0.4, -0.2) is 89.5 Å². The van der Waals surface area contributed by atoms with Crippen LogP contribution >= 0.6 is 0 Å². The van der Waals surface area contributed by atoms with Crippen LogP contribution in [-0.2, 0) is 42.8 Å². The predicted molar refractivity (Wildman–Crippen MR) is 226 cm³/mol. The van der Waals surface area contributed by atoms with Gasteiger partial charge in [-0.15, -0.1) is 0 Å². The summed E-state index contributed by atoms with van der Waals surface area (Å²) in [5.41, 5.74) is -2.92. The maximum absolute atomic E-state index is 14.6. The van der Waals surface area contributed by atoms with Gasteiger partial charge in [-0.2, -0.15) is 0 Å². The zero-order valence-corrected chi connectivity index (χ0v) is 34.3. The lowest BCUT2D eigenvalue weighted by atomic mass is 10.1. The minimum atomic E-state index is -1.16. The van der Waals surface area contributed by atoms with Crippen molar-refractivity contribution in [2.75, 3.05) is 55.6 Å². The Morgan fingerprint density at radius 2 is 0.683 bits per heavy atom. The van der Waals surface area contributed by atoms with Gasteiger partial charge in [-0.05, 0) is 73.9 Å². The van der Waals surface area contributed by atoms with Gasteiger partial charge in [-0.3, -0.25) is 16.0 Å². The summed E-state index contributed by atoms with van der Waals surface area (Å²) in [6, 6.07) is 12.8. The molecule has 0 aliphatic carbocycles. The largest absolute Gasteiger partial charge is 0.459 e. The van der Waals surface area contributed by atoms with Gasteiger partial charge >= 0.3 is 53.3 Å². The summed E-state index contributed by atoms with van der Waals surface area (Å²) < 4.78 is 31.7. The Bertz CT molecular complexity index is 2330. The summed E-state index contributed by atoms with van der Waals surface area (Å²) in [5.74, 6) is -2.16. The topological polar surface area (TPSA) is 260 Å². The number of anilines is 3. The number of ether oxygens (including phenoxy) is 6. The monoisotopic (exact) mass is 870 g/mol. The van der Waals surface area contributed by atoms with Crippen molar-refractivity contribution >= 4 is 53.2 Å². The molecule has 330 valence electrons. The molecule has 0 saturated carbocycles. The number of hydrogen-bond acceptors (Lipinski definition) is 15. The summed E-state index contributed by atoms with van der Waals surface area (Å²) in [4.78, 5) is 116. The quantitative estimate of drug-likeness (QED) is 0.0554. The Labute approximate surface area is 357 Å². The highest BCUT2D eigenvalue weighted by atomic mass is 16.6. The van der Waals surface area contributed by atoms with E-state index in [4.69, 9.17) is 28.4 Å². The molecule has 63 heavy (non-hydrogen) atoms. The lowest BCUT2D eigenvalue weighted by Crippen LogP contribution is -2.53. The zero-order valence-electron chi connectivity index (χ0n) is 34.3. The molecule has 1 heterocycles. The minimum Gasteiger partial charge on any atom is -0.459 e. The van der Waals surface area contributed by atoms with Crippen molar-refractivity contribution < 1.29 is 57.2 Å². The first kappa shape index (κ1) is 47.2. The molecule has 1 aromatic heterocycles. The van der Waals surface area contributed by atoms with Crippen LogP contribution in [0, 0.1) is 20.8 Å². The number of amides is 3. The third-order valence-corrected chi connectivity index (χ3v) is 8.68. The second-order valence-corrected chi connectivity index (χ2v) is 12.6. The van der Waals surface area contributed by atoms with Gasteiger partial charge < -0.3 is 28.4 Å². The fraction of sp³-hybridized carbons (Fsp3) is 0.214. The van der Waals surface area contributed by atoms with Crippen LogP contribution in [0.5, 0.6) is 0 Å². The maximum atomic E-state index is 14.6. The number of rotatable bonds is 18. The van der Waals surface area contributed by atoms with E-state index in [-0.39, 0.29) is 90.5 Å². The van der Waals surface area contributed by atoms with E-state index in [1.165, 1.54) is 75.4 Å². The molecule has 3 N–H and O–H groups in total. The second-order valence-electron chi connectivity index (χ2n) is 12.6. The molecule has 21 nitrogen and oxygen atoms in total. The first-order chi connectivity index (χ1) is 30.1. The Hall–Kier alpha value is -8.49. The molecule has 0 unspecified atom stereocenters. The molecule has 0 radical (unpaired) electrons. The van der Waals surface area contributed by atoms with E-state index in [0.717, 1.165) is 18.2 Å². The molecule has 3 amide bonds. The highest BCUT2D eigenvalue weighted by Crippen LogP contribution is 2.25. The van der Waals surface area contributed by atoms with Crippen LogP contribution in [0.15, 0.2) is 107 Å². The van der Waals surface area contributed by atoms with Crippen LogP contribution in [0.1, 0.15) is 16.7 Å². The molecule has 0 fully saturated rings. The lowest BCUT2D eigenvalue weighted by Gasteiger charge is -2.20. The summed E-state index contributed by atoms with van der Waals surface area (Å²) in [5, 5.41) is 7.54. The Kier molecular flexibility index (Phi) is 16.6. The van der Waals surface area contributed by atoms with Crippen molar-refractivity contribution in [3.8, 4) is 17.1 Å². The van der Waals surface area contributed by atoms with Gasteiger partial charge in [0, 0.05) is 35.3 Å². The number of aromatic nitrogens is 3. The van der Waals surface area contributed by atoms with E-state index in [0.29, 0.717) is 13.7 Å². The van der Waals surface area contributed by atoms with Crippen LogP contribution in [0.4, 0.5) is 31.4 Å². The number of carbonyl (C=O) groups excluding carboxylic acids is 6. The number of hydrogen-bond donors (Lipinski definition) is 3. The minimum absolute atomic E-state index is 0.0782. The van der Waals surface area contributed by atoms with Gasteiger partial charge in [-0.25, -0.2) is 56.9 Å². The molecule has 4 aromatic rings. The van der Waals surface area contributed by atoms with Crippen molar-refractivity contribution in [1.29, 1.82) is 0 Å². The first-order valence-electron chi connectivity index (χ1n) is 18.6. The smallest absolute Gasteiger partial charge is 0.411 e. The molecule has 0 atom stereocenters. The third-order valence-electron chi connectivity index (χ3n) is 8.68. The number of benzene rings is 3. The third kappa shape index (κ3) is 12.1. The zero-order chi connectivity index (χ0) is 46.2. The second kappa shape index (κ2) is 22.2. The Morgan fingerprint density at radius 3 is 0.921 bits per heavy atom. The van der Waals surface area contributed by atoms with E-state index in [1.807, 2.05) is 0 Å². The standard InChI is InChI=1S/C42H42N6O15/c1-7-34(49)58-19-22-61-37(52)43-28-13-10-16-31(25(28)4)46-40(55)47(32-17-11-14-29(26(32)5)44-38(53)62-23-20-59-35(50)8-2)42(57)48(41(46)56)33-18-12-15-30(27(33)6)45-39(54)63-24-21-60-36(51)9-3/h7-18H,1-3,19-24H2,4-6H3,(H,43,52)(H,44,53)(H,45,54). The highest BCUT2D eigenvalue weighted by molar-refractivity contribution is 5.88. The van der Waals surface area contributed by atoms with Crippen molar-refractivity contribution in [1.82, 2.24) is 13.7 Å². The lowest BCUT2D eigenvalue weighted by molar-refractivity contribution is -0.139. The molecule has 0 saturated heterocycles. The van der Waals surface area contributed by atoms with Gasteiger partial charge in [0.2, 0.25) is 0 Å². The van der Waals surface area contributed by atoms with Crippen molar-refractivity contribution in [2.24, 2.45) is 0 Å². The van der Waals surface area contributed by atoms with Gasteiger partial charge in [0.05, 0.1) is 17.1 Å². The van der Waals surface area contributed by atoms with Crippen LogP contribution < -0.4 is 33.0 Å².